The topological polar surface area (TPSA) is 80.5 Å². The second-order valence-electron chi connectivity index (χ2n) is 3.22. The van der Waals surface area contributed by atoms with Crippen LogP contribution >= 0.6 is 15.9 Å². The Morgan fingerprint density at radius 1 is 1.18 bits per heavy atom. The summed E-state index contributed by atoms with van der Waals surface area (Å²) in [6, 6.07) is 5.49. The molecule has 3 rings (SSSR count). The van der Waals surface area contributed by atoms with Crippen molar-refractivity contribution in [2.24, 2.45) is 0 Å². The van der Waals surface area contributed by atoms with Crippen LogP contribution in [0.5, 0.6) is 0 Å². The van der Waals surface area contributed by atoms with E-state index >= 15 is 0 Å². The summed E-state index contributed by atoms with van der Waals surface area (Å²) >= 11 is 3.33. The summed E-state index contributed by atoms with van der Waals surface area (Å²) in [6.45, 7) is 0. The van der Waals surface area contributed by atoms with Gasteiger partial charge in [0.1, 0.15) is 11.4 Å². The molecule has 3 heterocycles. The molecule has 0 aromatic carbocycles. The predicted octanol–water partition coefficient (Wildman–Crippen LogP) is 2.28. The summed E-state index contributed by atoms with van der Waals surface area (Å²) in [4.78, 5) is 4.13. The van der Waals surface area contributed by atoms with Crippen molar-refractivity contribution in [3.63, 3.8) is 0 Å². The minimum absolute atomic E-state index is 0.370. The highest BCUT2D eigenvalue weighted by molar-refractivity contribution is 9.10. The van der Waals surface area contributed by atoms with Gasteiger partial charge in [-0.05, 0) is 28.1 Å². The summed E-state index contributed by atoms with van der Waals surface area (Å²) in [6.07, 6.45) is 3.30. The average Bonchev–Trinajstić information content (AvgIpc) is 2.98. The number of rotatable bonds is 2. The van der Waals surface area contributed by atoms with E-state index in [-0.39, 0.29) is 0 Å². The molecule has 0 amide bonds. The van der Waals surface area contributed by atoms with Crippen LogP contribution in [0.3, 0.4) is 0 Å². The Morgan fingerprint density at radius 2 is 2.06 bits per heavy atom. The fourth-order valence-electron chi connectivity index (χ4n) is 1.34. The first-order valence-electron chi connectivity index (χ1n) is 4.79. The first-order chi connectivity index (χ1) is 8.34. The number of nitrogens with zero attached hydrogens (tertiary/aromatic N) is 4. The van der Waals surface area contributed by atoms with Crippen LogP contribution in [0.4, 0.5) is 0 Å². The number of nitrogens with one attached hydrogen (secondary N) is 1. The minimum Gasteiger partial charge on any atom is -0.413 e. The summed E-state index contributed by atoms with van der Waals surface area (Å²) < 4.78 is 6.28. The van der Waals surface area contributed by atoms with Crippen LogP contribution in [0.15, 0.2) is 39.5 Å². The van der Waals surface area contributed by atoms with Crippen LogP contribution in [0, 0.1) is 0 Å². The lowest BCUT2D eigenvalue weighted by atomic mass is 10.3. The first-order valence-corrected chi connectivity index (χ1v) is 5.58. The largest absolute Gasteiger partial charge is 0.413 e. The molecule has 0 unspecified atom stereocenters. The molecule has 0 atom stereocenters. The fraction of sp³-hybridized carbons (Fsp3) is 0. The molecule has 3 aromatic heterocycles. The average molecular weight is 292 g/mol. The summed E-state index contributed by atoms with van der Waals surface area (Å²) in [5.41, 5.74) is 1.29. The van der Waals surface area contributed by atoms with Crippen molar-refractivity contribution >= 4 is 15.9 Å². The van der Waals surface area contributed by atoms with Crippen LogP contribution in [0.1, 0.15) is 0 Å². The van der Waals surface area contributed by atoms with Gasteiger partial charge in [-0.1, -0.05) is 6.07 Å². The van der Waals surface area contributed by atoms with Crippen molar-refractivity contribution in [3.05, 3.63) is 35.1 Å². The van der Waals surface area contributed by atoms with Crippen LogP contribution in [0.25, 0.3) is 23.2 Å². The molecular weight excluding hydrogens is 286 g/mol. The smallest absolute Gasteiger partial charge is 0.267 e. The number of H-pyrrole nitrogens is 1. The third-order valence-corrected chi connectivity index (χ3v) is 2.72. The van der Waals surface area contributed by atoms with Gasteiger partial charge >= 0.3 is 0 Å². The van der Waals surface area contributed by atoms with Crippen LogP contribution in [-0.2, 0) is 0 Å². The third kappa shape index (κ3) is 1.84. The van der Waals surface area contributed by atoms with Gasteiger partial charge in [-0.15, -0.1) is 10.2 Å². The standard InChI is InChI=1S/C10H6BrN5O/c11-6-5-13-14-8(6)10-16-15-9(17-10)7-3-1-2-4-12-7/h1-5H,(H,13,14). The molecule has 7 heteroatoms. The summed E-state index contributed by atoms with van der Waals surface area (Å²) in [5.74, 6) is 0.747. The molecule has 0 fully saturated rings. The minimum atomic E-state index is 0.370. The zero-order valence-corrected chi connectivity index (χ0v) is 10.0. The van der Waals surface area contributed by atoms with Gasteiger partial charge in [-0.25, -0.2) is 0 Å². The number of aromatic nitrogens is 5. The molecule has 6 nitrogen and oxygen atoms in total. The van der Waals surface area contributed by atoms with Crippen molar-refractivity contribution in [3.8, 4) is 23.2 Å². The Balaban J connectivity index is 2.02. The second kappa shape index (κ2) is 4.10. The molecule has 0 aliphatic rings. The van der Waals surface area contributed by atoms with Crippen LogP contribution in [0.2, 0.25) is 0 Å². The number of halogens is 1. The Labute approximate surface area is 104 Å². The molecule has 84 valence electrons. The van der Waals surface area contributed by atoms with Gasteiger partial charge in [0.25, 0.3) is 11.8 Å². The monoisotopic (exact) mass is 291 g/mol. The molecule has 0 aliphatic heterocycles. The van der Waals surface area contributed by atoms with Crippen LogP contribution < -0.4 is 0 Å². The quantitative estimate of drug-likeness (QED) is 0.783. The number of aromatic amines is 1. The molecule has 0 spiro atoms. The first kappa shape index (κ1) is 10.2. The summed E-state index contributed by atoms with van der Waals surface area (Å²) in [7, 11) is 0. The molecule has 0 saturated heterocycles. The van der Waals surface area contributed by atoms with Crippen LogP contribution in [-0.4, -0.2) is 25.4 Å². The second-order valence-corrected chi connectivity index (χ2v) is 4.07. The van der Waals surface area contributed by atoms with E-state index in [1.807, 2.05) is 12.1 Å². The lowest BCUT2D eigenvalue weighted by Gasteiger charge is -1.91. The van der Waals surface area contributed by atoms with E-state index in [1.54, 1.807) is 18.5 Å². The van der Waals surface area contributed by atoms with Gasteiger partial charge in [0.15, 0.2) is 0 Å². The van der Waals surface area contributed by atoms with Crippen molar-refractivity contribution < 1.29 is 4.42 Å². The highest BCUT2D eigenvalue weighted by Gasteiger charge is 2.14. The Hall–Kier alpha value is -2.02. The van der Waals surface area contributed by atoms with Gasteiger partial charge in [-0.2, -0.15) is 5.10 Å². The van der Waals surface area contributed by atoms with Crippen molar-refractivity contribution in [2.75, 3.05) is 0 Å². The van der Waals surface area contributed by atoms with E-state index in [0.717, 1.165) is 4.47 Å². The lowest BCUT2D eigenvalue weighted by molar-refractivity contribution is 0.579. The van der Waals surface area contributed by atoms with Crippen molar-refractivity contribution in [1.29, 1.82) is 0 Å². The SMILES string of the molecule is Brc1cn[nH]c1-c1nnc(-c2ccccn2)o1. The predicted molar refractivity (Wildman–Crippen MR) is 62.8 cm³/mol. The van der Waals surface area contributed by atoms with E-state index in [9.17, 15) is 0 Å². The maximum Gasteiger partial charge on any atom is 0.267 e. The van der Waals surface area contributed by atoms with Crippen molar-refractivity contribution in [2.45, 2.75) is 0 Å². The maximum atomic E-state index is 5.51. The molecule has 0 saturated carbocycles. The van der Waals surface area contributed by atoms with E-state index < -0.39 is 0 Å². The van der Waals surface area contributed by atoms with Gasteiger partial charge in [-0.3, -0.25) is 10.1 Å². The maximum absolute atomic E-state index is 5.51. The zero-order valence-electron chi connectivity index (χ0n) is 8.46. The zero-order chi connectivity index (χ0) is 11.7. The number of hydrogen-bond acceptors (Lipinski definition) is 5. The highest BCUT2D eigenvalue weighted by atomic mass is 79.9. The van der Waals surface area contributed by atoms with E-state index in [2.05, 4.69) is 41.3 Å². The number of pyridine rings is 1. The van der Waals surface area contributed by atoms with Crippen molar-refractivity contribution in [1.82, 2.24) is 25.4 Å². The van der Waals surface area contributed by atoms with E-state index in [4.69, 9.17) is 4.42 Å². The van der Waals surface area contributed by atoms with Gasteiger partial charge in [0.05, 0.1) is 10.7 Å². The normalized spacial score (nSPS) is 10.6. The number of hydrogen-bond donors (Lipinski definition) is 1. The molecule has 0 radical (unpaired) electrons. The van der Waals surface area contributed by atoms with E-state index in [0.29, 0.717) is 23.2 Å². The Kier molecular flexibility index (Phi) is 2.45. The molecule has 17 heavy (non-hydrogen) atoms. The summed E-state index contributed by atoms with van der Waals surface area (Å²) in [5, 5.41) is 14.5. The molecular formula is C10H6BrN5O. The molecule has 0 aliphatic carbocycles. The van der Waals surface area contributed by atoms with E-state index in [1.165, 1.54) is 0 Å². The molecule has 0 bridgehead atoms. The van der Waals surface area contributed by atoms with Gasteiger partial charge in [0.2, 0.25) is 0 Å². The molecule has 3 aromatic rings. The molecule has 1 N–H and O–H groups in total. The Morgan fingerprint density at radius 3 is 2.76 bits per heavy atom. The fourth-order valence-corrected chi connectivity index (χ4v) is 1.70. The van der Waals surface area contributed by atoms with Gasteiger partial charge < -0.3 is 4.42 Å². The highest BCUT2D eigenvalue weighted by Crippen LogP contribution is 2.26. The Bertz CT molecular complexity index is 633. The third-order valence-electron chi connectivity index (χ3n) is 2.12. The van der Waals surface area contributed by atoms with Gasteiger partial charge in [0, 0.05) is 6.20 Å². The lowest BCUT2D eigenvalue weighted by Crippen LogP contribution is -1.80.